The maximum atomic E-state index is 5.92. The summed E-state index contributed by atoms with van der Waals surface area (Å²) in [6.07, 6.45) is 0. The highest BCUT2D eigenvalue weighted by Crippen LogP contribution is 2.28. The van der Waals surface area contributed by atoms with E-state index in [2.05, 4.69) is 56.3 Å². The third-order valence-corrected chi connectivity index (χ3v) is 4.34. The van der Waals surface area contributed by atoms with Crippen LogP contribution in [0.1, 0.15) is 22.3 Å². The Balaban J connectivity index is 0.00000225. The van der Waals surface area contributed by atoms with Gasteiger partial charge in [0.1, 0.15) is 12.4 Å². The first-order valence-electron chi connectivity index (χ1n) is 8.19. The van der Waals surface area contributed by atoms with Gasteiger partial charge in [0.25, 0.3) is 0 Å². The lowest BCUT2D eigenvalue weighted by molar-refractivity contribution is 0.306. The number of hydrogen-bond acceptors (Lipinski definition) is 2. The van der Waals surface area contributed by atoms with E-state index in [-0.39, 0.29) is 12.4 Å². The molecule has 0 heterocycles. The van der Waals surface area contributed by atoms with Gasteiger partial charge in [-0.25, -0.2) is 0 Å². The van der Waals surface area contributed by atoms with Crippen LogP contribution in [-0.2, 0) is 6.61 Å². The summed E-state index contributed by atoms with van der Waals surface area (Å²) in [5, 5.41) is 0. The minimum absolute atomic E-state index is 0. The van der Waals surface area contributed by atoms with Gasteiger partial charge in [0.2, 0.25) is 0 Å². The second kappa shape index (κ2) is 8.09. The van der Waals surface area contributed by atoms with E-state index >= 15 is 0 Å². The van der Waals surface area contributed by atoms with Gasteiger partial charge in [0.05, 0.1) is 0 Å². The first kappa shape index (κ1) is 18.9. The van der Waals surface area contributed by atoms with Gasteiger partial charge in [0, 0.05) is 5.69 Å². The summed E-state index contributed by atoms with van der Waals surface area (Å²) in [5.74, 6) is 0.846. The van der Waals surface area contributed by atoms with E-state index in [0.29, 0.717) is 6.61 Å². The quantitative estimate of drug-likeness (QED) is 0.596. The van der Waals surface area contributed by atoms with Crippen molar-refractivity contribution in [1.29, 1.82) is 0 Å². The summed E-state index contributed by atoms with van der Waals surface area (Å²) < 4.78 is 5.92. The molecule has 3 aromatic rings. The number of nitrogens with two attached hydrogens (primary N) is 1. The van der Waals surface area contributed by atoms with Gasteiger partial charge in [0.15, 0.2) is 0 Å². The number of anilines is 1. The average Bonchev–Trinajstić information content (AvgIpc) is 2.56. The Kier molecular flexibility index (Phi) is 6.11. The van der Waals surface area contributed by atoms with E-state index in [1.54, 1.807) is 0 Å². The van der Waals surface area contributed by atoms with Crippen molar-refractivity contribution in [1.82, 2.24) is 0 Å². The monoisotopic (exact) mass is 353 g/mol. The third kappa shape index (κ3) is 4.34. The standard InChI is InChI=1S/C22H23NO.ClH/c1-15-6-4-7-16(2)22(15)19-9-5-8-18(13-19)14-24-20-10-11-21(23)17(3)12-20;/h4-13H,14,23H2,1-3H3;1H. The number of halogens is 1. The van der Waals surface area contributed by atoms with Crippen LogP contribution < -0.4 is 10.5 Å². The molecule has 0 aromatic heterocycles. The van der Waals surface area contributed by atoms with Crippen molar-refractivity contribution >= 4 is 18.1 Å². The van der Waals surface area contributed by atoms with Gasteiger partial charge in [-0.05, 0) is 78.4 Å². The molecule has 0 aliphatic heterocycles. The highest BCUT2D eigenvalue weighted by molar-refractivity contribution is 5.85. The van der Waals surface area contributed by atoms with Crippen LogP contribution in [0.15, 0.2) is 60.7 Å². The first-order chi connectivity index (χ1) is 11.5. The molecule has 0 amide bonds. The summed E-state index contributed by atoms with van der Waals surface area (Å²) in [4.78, 5) is 0. The van der Waals surface area contributed by atoms with E-state index in [4.69, 9.17) is 10.5 Å². The van der Waals surface area contributed by atoms with Gasteiger partial charge in [-0.1, -0.05) is 36.4 Å². The van der Waals surface area contributed by atoms with Crippen molar-refractivity contribution in [2.45, 2.75) is 27.4 Å². The molecule has 2 nitrogen and oxygen atoms in total. The molecule has 0 saturated heterocycles. The molecule has 0 spiro atoms. The Labute approximate surface area is 156 Å². The Morgan fingerprint density at radius 2 is 1.48 bits per heavy atom. The van der Waals surface area contributed by atoms with Crippen LogP contribution >= 0.6 is 12.4 Å². The van der Waals surface area contributed by atoms with Crippen molar-refractivity contribution in [2.75, 3.05) is 5.73 Å². The Morgan fingerprint density at radius 3 is 2.16 bits per heavy atom. The molecule has 25 heavy (non-hydrogen) atoms. The molecule has 0 aliphatic carbocycles. The number of hydrogen-bond donors (Lipinski definition) is 1. The zero-order valence-corrected chi connectivity index (χ0v) is 15.7. The molecule has 0 radical (unpaired) electrons. The lowest BCUT2D eigenvalue weighted by atomic mass is 9.95. The molecule has 0 fully saturated rings. The number of benzene rings is 3. The largest absolute Gasteiger partial charge is 0.489 e. The summed E-state index contributed by atoms with van der Waals surface area (Å²) in [6.45, 7) is 6.84. The van der Waals surface area contributed by atoms with Crippen LogP contribution in [-0.4, -0.2) is 0 Å². The number of nitrogen functional groups attached to an aromatic ring is 1. The second-order valence-corrected chi connectivity index (χ2v) is 6.27. The Hall–Kier alpha value is -2.45. The number of rotatable bonds is 4. The fourth-order valence-corrected chi connectivity index (χ4v) is 2.99. The molecule has 3 rings (SSSR count). The van der Waals surface area contributed by atoms with Crippen molar-refractivity contribution in [2.24, 2.45) is 0 Å². The Bertz CT molecular complexity index is 853. The highest BCUT2D eigenvalue weighted by atomic mass is 35.5. The first-order valence-corrected chi connectivity index (χ1v) is 8.19. The van der Waals surface area contributed by atoms with Gasteiger partial charge < -0.3 is 10.5 Å². The third-order valence-electron chi connectivity index (χ3n) is 4.34. The van der Waals surface area contributed by atoms with E-state index < -0.39 is 0 Å². The molecule has 3 heteroatoms. The van der Waals surface area contributed by atoms with E-state index in [9.17, 15) is 0 Å². The number of aryl methyl sites for hydroxylation is 3. The maximum absolute atomic E-state index is 5.92. The summed E-state index contributed by atoms with van der Waals surface area (Å²) in [5.41, 5.74) is 14.0. The van der Waals surface area contributed by atoms with Gasteiger partial charge in [-0.15, -0.1) is 12.4 Å². The number of ether oxygens (including phenoxy) is 1. The van der Waals surface area contributed by atoms with Gasteiger partial charge in [-0.2, -0.15) is 0 Å². The topological polar surface area (TPSA) is 35.2 Å². The SMILES string of the molecule is Cc1cc(OCc2cccc(-c3c(C)cccc3C)c2)ccc1N.Cl. The molecule has 0 atom stereocenters. The molecule has 0 saturated carbocycles. The van der Waals surface area contributed by atoms with E-state index in [1.165, 1.54) is 22.3 Å². The summed E-state index contributed by atoms with van der Waals surface area (Å²) >= 11 is 0. The fraction of sp³-hybridized carbons (Fsp3) is 0.182. The smallest absolute Gasteiger partial charge is 0.120 e. The highest BCUT2D eigenvalue weighted by Gasteiger charge is 2.06. The predicted octanol–water partition coefficient (Wildman–Crippen LogP) is 5.86. The van der Waals surface area contributed by atoms with E-state index in [1.807, 2.05) is 25.1 Å². The van der Waals surface area contributed by atoms with Gasteiger partial charge in [-0.3, -0.25) is 0 Å². The fourth-order valence-electron chi connectivity index (χ4n) is 2.99. The molecule has 2 N–H and O–H groups in total. The van der Waals surface area contributed by atoms with Crippen molar-refractivity contribution in [3.8, 4) is 16.9 Å². The second-order valence-electron chi connectivity index (χ2n) is 6.27. The lowest BCUT2D eigenvalue weighted by Gasteiger charge is -2.12. The molecule has 0 unspecified atom stereocenters. The van der Waals surface area contributed by atoms with Crippen molar-refractivity contribution in [3.05, 3.63) is 82.9 Å². The van der Waals surface area contributed by atoms with Crippen LogP contribution in [0, 0.1) is 20.8 Å². The zero-order valence-electron chi connectivity index (χ0n) is 14.9. The molecular weight excluding hydrogens is 330 g/mol. The van der Waals surface area contributed by atoms with Crippen molar-refractivity contribution < 1.29 is 4.74 Å². The summed E-state index contributed by atoms with van der Waals surface area (Å²) in [7, 11) is 0. The normalized spacial score (nSPS) is 10.2. The van der Waals surface area contributed by atoms with Crippen LogP contribution in [0.4, 0.5) is 5.69 Å². The predicted molar refractivity (Wildman–Crippen MR) is 109 cm³/mol. The Morgan fingerprint density at radius 1 is 0.800 bits per heavy atom. The van der Waals surface area contributed by atoms with Crippen LogP contribution in [0.2, 0.25) is 0 Å². The van der Waals surface area contributed by atoms with Crippen LogP contribution in [0.3, 0.4) is 0 Å². The molecule has 130 valence electrons. The summed E-state index contributed by atoms with van der Waals surface area (Å²) in [6, 6.07) is 20.7. The molecule has 3 aromatic carbocycles. The average molecular weight is 354 g/mol. The van der Waals surface area contributed by atoms with E-state index in [0.717, 1.165) is 22.6 Å². The minimum Gasteiger partial charge on any atom is -0.489 e. The lowest BCUT2D eigenvalue weighted by Crippen LogP contribution is -1.97. The minimum atomic E-state index is 0. The molecule has 0 aliphatic rings. The maximum Gasteiger partial charge on any atom is 0.120 e. The van der Waals surface area contributed by atoms with Gasteiger partial charge >= 0.3 is 0 Å². The van der Waals surface area contributed by atoms with Crippen LogP contribution in [0.25, 0.3) is 11.1 Å². The van der Waals surface area contributed by atoms with Crippen molar-refractivity contribution in [3.63, 3.8) is 0 Å². The van der Waals surface area contributed by atoms with Crippen LogP contribution in [0.5, 0.6) is 5.75 Å². The molecule has 0 bridgehead atoms. The zero-order chi connectivity index (χ0) is 17.1. The molecular formula is C22H24ClNO.